The molecule has 0 bridgehead atoms. The fourth-order valence-electron chi connectivity index (χ4n) is 3.50. The van der Waals surface area contributed by atoms with E-state index < -0.39 is 0 Å². The van der Waals surface area contributed by atoms with Gasteiger partial charge in [-0.15, -0.1) is 11.3 Å². The summed E-state index contributed by atoms with van der Waals surface area (Å²) in [4.78, 5) is 36.9. The van der Waals surface area contributed by atoms with Crippen molar-refractivity contribution in [3.05, 3.63) is 83.4 Å². The predicted octanol–water partition coefficient (Wildman–Crippen LogP) is 4.39. The minimum atomic E-state index is -0.153. The molecule has 3 N–H and O–H groups in total. The molecule has 10 heteroatoms. The van der Waals surface area contributed by atoms with E-state index in [2.05, 4.69) is 25.9 Å². The van der Waals surface area contributed by atoms with Gasteiger partial charge in [-0.05, 0) is 68.2 Å². The quantitative estimate of drug-likeness (QED) is 0.287. The van der Waals surface area contributed by atoms with E-state index in [1.165, 1.54) is 11.3 Å². The predicted molar refractivity (Wildman–Crippen MR) is 146 cm³/mol. The molecule has 0 saturated carbocycles. The first-order chi connectivity index (χ1) is 17.9. The molecule has 0 radical (unpaired) electrons. The number of hydrogen-bond acceptors (Lipinski definition) is 8. The maximum atomic E-state index is 12.7. The van der Waals surface area contributed by atoms with Gasteiger partial charge in [-0.25, -0.2) is 9.97 Å². The monoisotopic (exact) mass is 516 g/mol. The fourth-order valence-corrected chi connectivity index (χ4v) is 4.39. The van der Waals surface area contributed by atoms with Crippen molar-refractivity contribution in [1.82, 2.24) is 20.2 Å². The third kappa shape index (κ3) is 7.35. The van der Waals surface area contributed by atoms with Crippen LogP contribution < -0.4 is 20.7 Å². The zero-order chi connectivity index (χ0) is 26.2. The minimum absolute atomic E-state index is 0.0959. The van der Waals surface area contributed by atoms with Crippen LogP contribution in [0.4, 0.5) is 17.3 Å². The molecule has 190 valence electrons. The summed E-state index contributed by atoms with van der Waals surface area (Å²) >= 11 is 1.36. The van der Waals surface area contributed by atoms with Gasteiger partial charge in [0.25, 0.3) is 5.91 Å². The van der Waals surface area contributed by atoms with Crippen LogP contribution in [0.1, 0.15) is 15.2 Å². The number of ether oxygens (including phenoxy) is 1. The molecule has 4 rings (SSSR count). The topological polar surface area (TPSA) is 108 Å². The van der Waals surface area contributed by atoms with Gasteiger partial charge in [0, 0.05) is 24.1 Å². The van der Waals surface area contributed by atoms with Gasteiger partial charge in [-0.1, -0.05) is 18.2 Å². The van der Waals surface area contributed by atoms with Gasteiger partial charge in [0.2, 0.25) is 11.9 Å². The van der Waals surface area contributed by atoms with Crippen molar-refractivity contribution in [1.29, 1.82) is 0 Å². The maximum Gasteiger partial charge on any atom is 0.261 e. The molecule has 2 aromatic heterocycles. The molecule has 0 atom stereocenters. The molecule has 2 heterocycles. The average molecular weight is 517 g/mol. The van der Waals surface area contributed by atoms with Crippen LogP contribution in [0, 0.1) is 0 Å². The van der Waals surface area contributed by atoms with Crippen LogP contribution in [-0.2, 0) is 11.3 Å². The number of anilines is 3. The number of hydrogen-bond donors (Lipinski definition) is 3. The Bertz CT molecular complexity index is 1390. The Kier molecular flexibility index (Phi) is 8.44. The fraction of sp³-hybridized carbons (Fsp3) is 0.185. The van der Waals surface area contributed by atoms with E-state index >= 15 is 0 Å². The lowest BCUT2D eigenvalue weighted by molar-refractivity contribution is -0.116. The molecule has 37 heavy (non-hydrogen) atoms. The highest BCUT2D eigenvalue weighted by Gasteiger charge is 2.12. The second-order valence-electron chi connectivity index (χ2n) is 8.46. The van der Waals surface area contributed by atoms with Crippen molar-refractivity contribution in [2.75, 3.05) is 38.4 Å². The van der Waals surface area contributed by atoms with Gasteiger partial charge >= 0.3 is 0 Å². The number of rotatable bonds is 10. The van der Waals surface area contributed by atoms with E-state index in [0.717, 1.165) is 21.9 Å². The number of carbonyl (C=O) groups excluding carboxylic acids is 2. The molecule has 0 unspecified atom stereocenters. The molecule has 0 spiro atoms. The third-order valence-corrected chi connectivity index (χ3v) is 6.29. The highest BCUT2D eigenvalue weighted by Crippen LogP contribution is 2.28. The molecule has 0 aliphatic carbocycles. The highest BCUT2D eigenvalue weighted by molar-refractivity contribution is 7.17. The molecular weight excluding hydrogens is 488 g/mol. The van der Waals surface area contributed by atoms with E-state index in [1.54, 1.807) is 30.3 Å². The van der Waals surface area contributed by atoms with Crippen molar-refractivity contribution >= 4 is 40.5 Å². The van der Waals surface area contributed by atoms with Crippen LogP contribution in [0.5, 0.6) is 5.75 Å². The normalized spacial score (nSPS) is 10.7. The van der Waals surface area contributed by atoms with Crippen LogP contribution in [0.25, 0.3) is 10.6 Å². The third-order valence-electron chi connectivity index (χ3n) is 5.19. The largest absolute Gasteiger partial charge is 0.497 e. The second kappa shape index (κ2) is 12.1. The summed E-state index contributed by atoms with van der Waals surface area (Å²) in [6, 6.07) is 20.4. The van der Waals surface area contributed by atoms with Gasteiger partial charge in [0.1, 0.15) is 5.75 Å². The Balaban J connectivity index is 1.40. The van der Waals surface area contributed by atoms with Crippen molar-refractivity contribution in [2.45, 2.75) is 6.54 Å². The first kappa shape index (κ1) is 25.8. The average Bonchev–Trinajstić information content (AvgIpc) is 3.38. The van der Waals surface area contributed by atoms with Gasteiger partial charge < -0.3 is 25.6 Å². The zero-order valence-electron chi connectivity index (χ0n) is 20.8. The summed E-state index contributed by atoms with van der Waals surface area (Å²) in [5.74, 6) is 0.909. The van der Waals surface area contributed by atoms with Crippen molar-refractivity contribution in [3.8, 4) is 16.3 Å². The van der Waals surface area contributed by atoms with E-state index in [-0.39, 0.29) is 11.8 Å². The van der Waals surface area contributed by atoms with Gasteiger partial charge in [-0.2, -0.15) is 0 Å². The maximum absolute atomic E-state index is 12.7. The molecule has 9 nitrogen and oxygen atoms in total. The zero-order valence-corrected chi connectivity index (χ0v) is 21.6. The Morgan fingerprint density at radius 1 is 1.00 bits per heavy atom. The Hall–Kier alpha value is -4.28. The summed E-state index contributed by atoms with van der Waals surface area (Å²) < 4.78 is 5.23. The standard InChI is InChI=1S/C27H28N6O3S/c1-33(2)17-25(34)30-19-7-5-8-20(15-19)31-27-28-13-12-22(32-27)23-10-11-24(37-23)26(35)29-16-18-6-4-9-21(14-18)36-3/h4-15H,16-17H2,1-3H3,(H,29,35)(H,30,34)(H,28,31,32). The van der Waals surface area contributed by atoms with Crippen LogP contribution in [-0.4, -0.2) is 54.4 Å². The second-order valence-corrected chi connectivity index (χ2v) is 9.54. The van der Waals surface area contributed by atoms with Gasteiger partial charge in [0.05, 0.1) is 29.1 Å². The summed E-state index contributed by atoms with van der Waals surface area (Å²) in [5.41, 5.74) is 3.07. The van der Waals surface area contributed by atoms with Gasteiger partial charge in [-0.3, -0.25) is 9.59 Å². The highest BCUT2D eigenvalue weighted by atomic mass is 32.1. The lowest BCUT2D eigenvalue weighted by Crippen LogP contribution is -2.27. The number of thiophene rings is 1. The van der Waals surface area contributed by atoms with E-state index in [1.807, 2.05) is 68.7 Å². The lowest BCUT2D eigenvalue weighted by Gasteiger charge is -2.11. The molecule has 0 saturated heterocycles. The first-order valence-corrected chi connectivity index (χ1v) is 12.4. The van der Waals surface area contributed by atoms with Crippen LogP contribution in [0.2, 0.25) is 0 Å². The van der Waals surface area contributed by atoms with Crippen LogP contribution in [0.3, 0.4) is 0 Å². The molecule has 2 amide bonds. The lowest BCUT2D eigenvalue weighted by atomic mass is 10.2. The number of nitrogens with one attached hydrogen (secondary N) is 3. The first-order valence-electron chi connectivity index (χ1n) is 11.6. The van der Waals surface area contributed by atoms with Crippen LogP contribution in [0.15, 0.2) is 72.9 Å². The molecular formula is C27H28N6O3S. The molecule has 0 aliphatic heterocycles. The van der Waals surface area contributed by atoms with Crippen LogP contribution >= 0.6 is 11.3 Å². The SMILES string of the molecule is COc1cccc(CNC(=O)c2ccc(-c3ccnc(Nc4cccc(NC(=O)CN(C)C)c4)n3)s2)c1. The molecule has 4 aromatic rings. The summed E-state index contributed by atoms with van der Waals surface area (Å²) in [6.45, 7) is 0.699. The number of likely N-dealkylation sites (N-methyl/N-ethyl adjacent to an activating group) is 1. The molecule has 2 aromatic carbocycles. The summed E-state index contributed by atoms with van der Waals surface area (Å²) in [5, 5.41) is 8.99. The Labute approximate surface area is 219 Å². The van der Waals surface area contributed by atoms with E-state index in [4.69, 9.17) is 4.74 Å². The summed E-state index contributed by atoms with van der Waals surface area (Å²) in [6.07, 6.45) is 1.66. The number of aromatic nitrogens is 2. The number of carbonyl (C=O) groups is 2. The van der Waals surface area contributed by atoms with Crippen molar-refractivity contribution in [3.63, 3.8) is 0 Å². The minimum Gasteiger partial charge on any atom is -0.497 e. The van der Waals surface area contributed by atoms with Crippen molar-refractivity contribution < 1.29 is 14.3 Å². The van der Waals surface area contributed by atoms with Gasteiger partial charge in [0.15, 0.2) is 0 Å². The molecule has 0 aliphatic rings. The van der Waals surface area contributed by atoms with E-state index in [0.29, 0.717) is 35.3 Å². The van der Waals surface area contributed by atoms with Crippen molar-refractivity contribution in [2.24, 2.45) is 0 Å². The smallest absolute Gasteiger partial charge is 0.261 e. The number of amides is 2. The number of nitrogens with zero attached hydrogens (tertiary/aromatic N) is 3. The summed E-state index contributed by atoms with van der Waals surface area (Å²) in [7, 11) is 5.30. The number of benzene rings is 2. The van der Waals surface area contributed by atoms with E-state index in [9.17, 15) is 9.59 Å². The number of methoxy groups -OCH3 is 1. The molecule has 0 fully saturated rings. The Morgan fingerprint density at radius 2 is 1.81 bits per heavy atom. The Morgan fingerprint density at radius 3 is 2.62 bits per heavy atom.